The van der Waals surface area contributed by atoms with E-state index in [9.17, 15) is 13.2 Å². The molecule has 1 aliphatic heterocycles. The van der Waals surface area contributed by atoms with Crippen LogP contribution in [0.25, 0.3) is 0 Å². The van der Waals surface area contributed by atoms with Crippen LogP contribution in [0.15, 0.2) is 58.3 Å². The van der Waals surface area contributed by atoms with E-state index in [2.05, 4.69) is 19.2 Å². The van der Waals surface area contributed by atoms with Gasteiger partial charge in [0.1, 0.15) is 12.4 Å². The fraction of sp³-hybridized carbons (Fsp3) is 0.409. The predicted octanol–water partition coefficient (Wildman–Crippen LogP) is 3.02. The third-order valence-corrected chi connectivity index (χ3v) is 7.58. The number of sulfonamides is 1. The molecule has 1 amide bonds. The van der Waals surface area contributed by atoms with E-state index in [-0.39, 0.29) is 17.4 Å². The zero-order chi connectivity index (χ0) is 22.3. The smallest absolute Gasteiger partial charge is 0.252 e. The van der Waals surface area contributed by atoms with E-state index in [1.165, 1.54) is 16.4 Å². The van der Waals surface area contributed by atoms with Crippen molar-refractivity contribution in [2.75, 3.05) is 39.5 Å². The summed E-state index contributed by atoms with van der Waals surface area (Å²) in [6.45, 7) is 6.33. The fourth-order valence-electron chi connectivity index (χ4n) is 3.08. The number of rotatable bonds is 9. The molecule has 1 heterocycles. The number of hydrogen-bond donors (Lipinski definition) is 1. The molecule has 31 heavy (non-hydrogen) atoms. The number of morpholine rings is 1. The minimum Gasteiger partial charge on any atom is -0.492 e. The van der Waals surface area contributed by atoms with Crippen LogP contribution in [0.4, 0.5) is 0 Å². The minimum atomic E-state index is -3.52. The van der Waals surface area contributed by atoms with Crippen molar-refractivity contribution < 1.29 is 22.7 Å². The molecule has 0 bridgehead atoms. The molecule has 0 aliphatic carbocycles. The molecule has 0 atom stereocenters. The summed E-state index contributed by atoms with van der Waals surface area (Å²) >= 11 is 1.65. The Bertz CT molecular complexity index is 972. The molecule has 9 heteroatoms. The number of hydrogen-bond acceptors (Lipinski definition) is 6. The maximum absolute atomic E-state index is 12.6. The molecular weight excluding hydrogens is 436 g/mol. The summed E-state index contributed by atoms with van der Waals surface area (Å²) in [5.74, 6) is 0.408. The average molecular weight is 465 g/mol. The van der Waals surface area contributed by atoms with Gasteiger partial charge in [0.15, 0.2) is 0 Å². The van der Waals surface area contributed by atoms with Crippen LogP contribution in [-0.4, -0.2) is 63.3 Å². The number of thioether (sulfide) groups is 1. The van der Waals surface area contributed by atoms with Crippen LogP contribution in [0, 0.1) is 0 Å². The van der Waals surface area contributed by atoms with Gasteiger partial charge in [0, 0.05) is 23.2 Å². The standard InChI is InChI=1S/C22H28N2O5S2/c1-17(2)30-21-6-4-3-5-20(21)22(25)23-11-14-29-18-7-9-19(10-8-18)31(26,27)24-12-15-28-16-13-24/h3-10,17H,11-16H2,1-2H3,(H,23,25). The number of benzene rings is 2. The highest BCUT2D eigenvalue weighted by Gasteiger charge is 2.26. The number of carbonyl (C=O) groups is 1. The van der Waals surface area contributed by atoms with Crippen molar-refractivity contribution in [2.24, 2.45) is 0 Å². The lowest BCUT2D eigenvalue weighted by Gasteiger charge is -2.26. The van der Waals surface area contributed by atoms with Gasteiger partial charge in [0.05, 0.1) is 30.2 Å². The Morgan fingerprint density at radius 2 is 1.81 bits per heavy atom. The molecule has 1 aliphatic rings. The van der Waals surface area contributed by atoms with Gasteiger partial charge in [-0.05, 0) is 36.4 Å². The molecule has 0 aromatic heterocycles. The number of amides is 1. The monoisotopic (exact) mass is 464 g/mol. The van der Waals surface area contributed by atoms with Gasteiger partial charge in [-0.25, -0.2) is 8.42 Å². The molecule has 168 valence electrons. The van der Waals surface area contributed by atoms with Gasteiger partial charge in [-0.15, -0.1) is 11.8 Å². The average Bonchev–Trinajstić information content (AvgIpc) is 2.77. The Balaban J connectivity index is 1.50. The van der Waals surface area contributed by atoms with Crippen LogP contribution in [-0.2, 0) is 14.8 Å². The minimum absolute atomic E-state index is 0.140. The van der Waals surface area contributed by atoms with Crippen LogP contribution in [0.5, 0.6) is 5.75 Å². The molecule has 0 spiro atoms. The number of carbonyl (C=O) groups excluding carboxylic acids is 1. The Kier molecular flexibility index (Phi) is 8.36. The molecular formula is C22H28N2O5S2. The third-order valence-electron chi connectivity index (χ3n) is 4.58. The molecule has 1 N–H and O–H groups in total. The van der Waals surface area contributed by atoms with Crippen molar-refractivity contribution in [2.45, 2.75) is 28.9 Å². The molecule has 0 saturated carbocycles. The number of nitrogens with one attached hydrogen (secondary N) is 1. The molecule has 1 saturated heterocycles. The van der Waals surface area contributed by atoms with Gasteiger partial charge in [-0.2, -0.15) is 4.31 Å². The molecule has 0 unspecified atom stereocenters. The van der Waals surface area contributed by atoms with E-state index >= 15 is 0 Å². The van der Waals surface area contributed by atoms with Gasteiger partial charge in [-0.1, -0.05) is 26.0 Å². The maximum Gasteiger partial charge on any atom is 0.252 e. The zero-order valence-corrected chi connectivity index (χ0v) is 19.4. The molecule has 2 aromatic rings. The highest BCUT2D eigenvalue weighted by Crippen LogP contribution is 2.26. The molecule has 1 fully saturated rings. The number of ether oxygens (including phenoxy) is 2. The summed E-state index contributed by atoms with van der Waals surface area (Å²) in [5.41, 5.74) is 0.652. The van der Waals surface area contributed by atoms with Crippen molar-refractivity contribution in [3.63, 3.8) is 0 Å². The van der Waals surface area contributed by atoms with Crippen LogP contribution < -0.4 is 10.1 Å². The largest absolute Gasteiger partial charge is 0.492 e. The van der Waals surface area contributed by atoms with Gasteiger partial charge in [-0.3, -0.25) is 4.79 Å². The van der Waals surface area contributed by atoms with Crippen molar-refractivity contribution >= 4 is 27.7 Å². The quantitative estimate of drug-likeness (QED) is 0.454. The SMILES string of the molecule is CC(C)Sc1ccccc1C(=O)NCCOc1ccc(S(=O)(=O)N2CCOCC2)cc1. The van der Waals surface area contributed by atoms with Crippen LogP contribution in [0.3, 0.4) is 0 Å². The maximum atomic E-state index is 12.6. The molecule has 0 radical (unpaired) electrons. The normalized spacial score (nSPS) is 15.1. The Morgan fingerprint density at radius 1 is 1.13 bits per heavy atom. The molecule has 3 rings (SSSR count). The van der Waals surface area contributed by atoms with Gasteiger partial charge in [0.2, 0.25) is 10.0 Å². The Hall–Kier alpha value is -2.07. The van der Waals surface area contributed by atoms with E-state index in [1.54, 1.807) is 23.9 Å². The first-order valence-electron chi connectivity index (χ1n) is 10.2. The summed E-state index contributed by atoms with van der Waals surface area (Å²) in [6.07, 6.45) is 0. The third kappa shape index (κ3) is 6.46. The van der Waals surface area contributed by atoms with E-state index in [4.69, 9.17) is 9.47 Å². The Labute approximate surface area is 188 Å². The predicted molar refractivity (Wildman–Crippen MR) is 121 cm³/mol. The summed E-state index contributed by atoms with van der Waals surface area (Å²) < 4.78 is 37.6. The summed E-state index contributed by atoms with van der Waals surface area (Å²) in [5, 5.41) is 3.25. The second-order valence-electron chi connectivity index (χ2n) is 7.25. The van der Waals surface area contributed by atoms with Crippen LogP contribution >= 0.6 is 11.8 Å². The summed E-state index contributed by atoms with van der Waals surface area (Å²) in [7, 11) is -3.52. The van der Waals surface area contributed by atoms with Crippen molar-refractivity contribution in [3.05, 3.63) is 54.1 Å². The lowest BCUT2D eigenvalue weighted by molar-refractivity contribution is 0.0730. The number of nitrogens with zero attached hydrogens (tertiary/aromatic N) is 1. The lowest BCUT2D eigenvalue weighted by Crippen LogP contribution is -2.40. The summed E-state index contributed by atoms with van der Waals surface area (Å²) in [6, 6.07) is 13.9. The lowest BCUT2D eigenvalue weighted by atomic mass is 10.2. The van der Waals surface area contributed by atoms with E-state index in [1.807, 2.05) is 24.3 Å². The summed E-state index contributed by atoms with van der Waals surface area (Å²) in [4.78, 5) is 13.7. The van der Waals surface area contributed by atoms with Crippen LogP contribution in [0.2, 0.25) is 0 Å². The van der Waals surface area contributed by atoms with Crippen LogP contribution in [0.1, 0.15) is 24.2 Å². The van der Waals surface area contributed by atoms with Gasteiger partial charge < -0.3 is 14.8 Å². The van der Waals surface area contributed by atoms with Crippen molar-refractivity contribution in [1.82, 2.24) is 9.62 Å². The molecule has 7 nitrogen and oxygen atoms in total. The Morgan fingerprint density at radius 3 is 2.48 bits per heavy atom. The second-order valence-corrected chi connectivity index (χ2v) is 10.8. The van der Waals surface area contributed by atoms with Crippen molar-refractivity contribution in [1.29, 1.82) is 0 Å². The van der Waals surface area contributed by atoms with Crippen molar-refractivity contribution in [3.8, 4) is 5.75 Å². The van der Waals surface area contributed by atoms with E-state index in [0.29, 0.717) is 49.4 Å². The van der Waals surface area contributed by atoms with E-state index < -0.39 is 10.0 Å². The molecule has 2 aromatic carbocycles. The zero-order valence-electron chi connectivity index (χ0n) is 17.7. The fourth-order valence-corrected chi connectivity index (χ4v) is 5.44. The van der Waals surface area contributed by atoms with E-state index in [0.717, 1.165) is 4.90 Å². The topological polar surface area (TPSA) is 84.9 Å². The van der Waals surface area contributed by atoms with Gasteiger partial charge >= 0.3 is 0 Å². The highest BCUT2D eigenvalue weighted by molar-refractivity contribution is 8.00. The first-order chi connectivity index (χ1) is 14.9. The first-order valence-corrected chi connectivity index (χ1v) is 12.5. The second kappa shape index (κ2) is 11.0. The first kappa shape index (κ1) is 23.6. The van der Waals surface area contributed by atoms with Gasteiger partial charge in [0.25, 0.3) is 5.91 Å². The highest BCUT2D eigenvalue weighted by atomic mass is 32.2.